The van der Waals surface area contributed by atoms with Crippen LogP contribution < -0.4 is 10.6 Å². The van der Waals surface area contributed by atoms with Gasteiger partial charge in [-0.2, -0.15) is 0 Å². The zero-order chi connectivity index (χ0) is 21.1. The number of nitrogens with one attached hydrogen (secondary N) is 2. The molecular formula is C25H29ClN2OS. The van der Waals surface area contributed by atoms with Crippen LogP contribution in [-0.4, -0.2) is 18.0 Å². The number of fused-ring (bicyclic) bond motifs is 1. The first kappa shape index (κ1) is 21.2. The Hall–Kier alpha value is -2.04. The largest absolute Gasteiger partial charge is 0.380 e. The molecule has 0 spiro atoms. The number of hydrogen-bond donors (Lipinski definition) is 2. The van der Waals surface area contributed by atoms with Gasteiger partial charge in [-0.3, -0.25) is 4.79 Å². The highest BCUT2D eigenvalue weighted by atomic mass is 35.5. The maximum Gasteiger partial charge on any atom is 0.252 e. The fourth-order valence-corrected chi connectivity index (χ4v) is 5.65. The molecule has 0 saturated heterocycles. The van der Waals surface area contributed by atoms with Crippen LogP contribution in [0, 0.1) is 11.8 Å². The van der Waals surface area contributed by atoms with E-state index >= 15 is 0 Å². The van der Waals surface area contributed by atoms with Crippen LogP contribution in [-0.2, 0) is 0 Å². The van der Waals surface area contributed by atoms with Crippen LogP contribution in [0.2, 0.25) is 5.02 Å². The highest BCUT2D eigenvalue weighted by Gasteiger charge is 2.33. The van der Waals surface area contributed by atoms with Crippen LogP contribution in [0.1, 0.15) is 49.9 Å². The van der Waals surface area contributed by atoms with Crippen molar-refractivity contribution in [3.8, 4) is 0 Å². The van der Waals surface area contributed by atoms with E-state index in [0.717, 1.165) is 41.0 Å². The monoisotopic (exact) mass is 440 g/mol. The molecule has 30 heavy (non-hydrogen) atoms. The third kappa shape index (κ3) is 4.81. The molecule has 0 bridgehead atoms. The molecule has 0 atom stereocenters. The number of carbonyl (C=O) groups is 1. The van der Waals surface area contributed by atoms with E-state index < -0.39 is 0 Å². The second-order valence-electron chi connectivity index (χ2n) is 8.93. The number of carbonyl (C=O) groups excluding carboxylic acids is 1. The first-order chi connectivity index (χ1) is 14.4. The summed E-state index contributed by atoms with van der Waals surface area (Å²) < 4.78 is 1.17. The molecule has 3 nitrogen and oxygen atoms in total. The highest BCUT2D eigenvalue weighted by molar-refractivity contribution is 7.17. The lowest BCUT2D eigenvalue weighted by Crippen LogP contribution is -2.42. The first-order valence-corrected chi connectivity index (χ1v) is 12.0. The van der Waals surface area contributed by atoms with E-state index in [2.05, 4.69) is 30.5 Å². The Labute approximate surface area is 187 Å². The van der Waals surface area contributed by atoms with Crippen LogP contribution in [0.3, 0.4) is 0 Å². The van der Waals surface area contributed by atoms with E-state index in [1.165, 1.54) is 17.5 Å². The van der Waals surface area contributed by atoms with Gasteiger partial charge in [-0.1, -0.05) is 29.8 Å². The number of rotatable bonds is 6. The maximum atomic E-state index is 12.7. The van der Waals surface area contributed by atoms with E-state index in [1.807, 2.05) is 47.8 Å². The predicted octanol–water partition coefficient (Wildman–Crippen LogP) is 6.98. The quantitative estimate of drug-likeness (QED) is 0.434. The molecule has 0 radical (unpaired) electrons. The van der Waals surface area contributed by atoms with Crippen molar-refractivity contribution in [2.24, 2.45) is 11.8 Å². The Morgan fingerprint density at radius 3 is 2.50 bits per heavy atom. The van der Waals surface area contributed by atoms with Gasteiger partial charge in [0.1, 0.15) is 0 Å². The molecule has 5 heteroatoms. The minimum absolute atomic E-state index is 0.0254. The zero-order valence-electron chi connectivity index (χ0n) is 17.6. The van der Waals surface area contributed by atoms with E-state index in [4.69, 9.17) is 11.6 Å². The number of anilines is 1. The number of thiophene rings is 1. The van der Waals surface area contributed by atoms with Gasteiger partial charge in [0.05, 0.1) is 5.56 Å². The summed E-state index contributed by atoms with van der Waals surface area (Å²) in [5.41, 5.74) is 1.94. The Balaban J connectivity index is 1.28. The zero-order valence-corrected chi connectivity index (χ0v) is 19.2. The Bertz CT molecular complexity index is 1000. The smallest absolute Gasteiger partial charge is 0.252 e. The van der Waals surface area contributed by atoms with Crippen LogP contribution in [0.4, 0.5) is 5.69 Å². The molecule has 1 amide bonds. The Morgan fingerprint density at radius 2 is 1.77 bits per heavy atom. The van der Waals surface area contributed by atoms with Crippen molar-refractivity contribution in [1.29, 1.82) is 0 Å². The summed E-state index contributed by atoms with van der Waals surface area (Å²) in [4.78, 5) is 12.7. The third-order valence-electron chi connectivity index (χ3n) is 6.45. The van der Waals surface area contributed by atoms with Gasteiger partial charge in [-0.05, 0) is 81.7 Å². The van der Waals surface area contributed by atoms with Crippen molar-refractivity contribution in [2.75, 3.05) is 11.9 Å². The number of benzene rings is 2. The van der Waals surface area contributed by atoms with Gasteiger partial charge >= 0.3 is 0 Å². The van der Waals surface area contributed by atoms with E-state index in [1.54, 1.807) is 11.3 Å². The summed E-state index contributed by atoms with van der Waals surface area (Å²) >= 11 is 7.64. The van der Waals surface area contributed by atoms with E-state index in [-0.39, 0.29) is 11.4 Å². The van der Waals surface area contributed by atoms with Gasteiger partial charge in [0.2, 0.25) is 0 Å². The minimum Gasteiger partial charge on any atom is -0.380 e. The summed E-state index contributed by atoms with van der Waals surface area (Å²) in [5.74, 6) is 1.22. The molecule has 1 aromatic heterocycles. The Morgan fingerprint density at radius 1 is 1.07 bits per heavy atom. The minimum atomic E-state index is 0.0254. The molecule has 2 aromatic carbocycles. The third-order valence-corrected chi connectivity index (χ3v) is 7.67. The molecule has 4 rings (SSSR count). The van der Waals surface area contributed by atoms with Gasteiger partial charge < -0.3 is 10.6 Å². The average Bonchev–Trinajstić information content (AvgIpc) is 3.18. The molecule has 158 valence electrons. The fraction of sp³-hybridized carbons (Fsp3) is 0.400. The van der Waals surface area contributed by atoms with Gasteiger partial charge in [0.25, 0.3) is 5.91 Å². The molecule has 3 aromatic rings. The lowest BCUT2D eigenvalue weighted by molar-refractivity contribution is 0.0940. The predicted molar refractivity (Wildman–Crippen MR) is 129 cm³/mol. The summed E-state index contributed by atoms with van der Waals surface area (Å²) in [6.45, 7) is 5.34. The van der Waals surface area contributed by atoms with Crippen LogP contribution in [0.15, 0.2) is 53.9 Å². The second-order valence-corrected chi connectivity index (χ2v) is 10.3. The van der Waals surface area contributed by atoms with Crippen LogP contribution >= 0.6 is 22.9 Å². The first-order valence-electron chi connectivity index (χ1n) is 10.7. The van der Waals surface area contributed by atoms with Crippen LogP contribution in [0.25, 0.3) is 10.1 Å². The Kier molecular flexibility index (Phi) is 6.35. The van der Waals surface area contributed by atoms with Crippen LogP contribution in [0.5, 0.6) is 0 Å². The molecule has 1 heterocycles. The van der Waals surface area contributed by atoms with Crippen molar-refractivity contribution >= 4 is 44.6 Å². The molecule has 1 fully saturated rings. The van der Waals surface area contributed by atoms with E-state index in [0.29, 0.717) is 11.8 Å². The van der Waals surface area contributed by atoms with Crippen molar-refractivity contribution in [3.05, 3.63) is 64.5 Å². The number of halogens is 1. The molecule has 1 aliphatic carbocycles. The standard InChI is InChI=1S/C25H29ClN2OS/c1-25(2,28-20-13-11-19(26)12-14-20)18-9-7-17(8-10-18)15-27-24(29)22-16-30-23-6-4-3-5-21(22)23/h3-6,11-14,16-18,28H,7-10,15H2,1-2H3,(H,27,29). The number of amides is 1. The van der Waals surface area contributed by atoms with Crippen molar-refractivity contribution in [3.63, 3.8) is 0 Å². The van der Waals surface area contributed by atoms with Crippen molar-refractivity contribution < 1.29 is 4.79 Å². The lowest BCUT2D eigenvalue weighted by atomic mass is 9.73. The van der Waals surface area contributed by atoms with Gasteiger partial charge in [0, 0.05) is 38.3 Å². The average molecular weight is 441 g/mol. The topological polar surface area (TPSA) is 41.1 Å². The SMILES string of the molecule is CC(C)(Nc1ccc(Cl)cc1)C1CCC(CNC(=O)c2csc3ccccc23)CC1. The molecule has 1 saturated carbocycles. The molecule has 1 aliphatic rings. The van der Waals surface area contributed by atoms with Crippen molar-refractivity contribution in [1.82, 2.24) is 5.32 Å². The van der Waals surface area contributed by atoms with Gasteiger partial charge in [-0.15, -0.1) is 11.3 Å². The maximum absolute atomic E-state index is 12.7. The summed E-state index contributed by atoms with van der Waals surface area (Å²) in [7, 11) is 0. The second kappa shape index (κ2) is 8.99. The van der Waals surface area contributed by atoms with Crippen molar-refractivity contribution in [2.45, 2.75) is 45.1 Å². The normalized spacial score (nSPS) is 19.6. The van der Waals surface area contributed by atoms with Gasteiger partial charge in [-0.25, -0.2) is 0 Å². The molecule has 0 aliphatic heterocycles. The molecule has 0 unspecified atom stereocenters. The summed E-state index contributed by atoms with van der Waals surface area (Å²) in [6, 6.07) is 16.0. The summed E-state index contributed by atoms with van der Waals surface area (Å²) in [6.07, 6.45) is 4.66. The number of hydrogen-bond acceptors (Lipinski definition) is 3. The fourth-order valence-electron chi connectivity index (χ4n) is 4.58. The van der Waals surface area contributed by atoms with E-state index in [9.17, 15) is 4.79 Å². The molecular weight excluding hydrogens is 412 g/mol. The van der Waals surface area contributed by atoms with Gasteiger partial charge in [0.15, 0.2) is 0 Å². The molecule has 2 N–H and O–H groups in total. The highest BCUT2D eigenvalue weighted by Crippen LogP contribution is 2.37. The summed E-state index contributed by atoms with van der Waals surface area (Å²) in [5, 5.41) is 10.7. The lowest BCUT2D eigenvalue weighted by Gasteiger charge is -2.40.